The molecule has 0 saturated heterocycles. The molecule has 0 aliphatic carbocycles. The molecule has 23 heavy (non-hydrogen) atoms. The van der Waals surface area contributed by atoms with Crippen LogP contribution in [0.25, 0.3) is 0 Å². The highest BCUT2D eigenvalue weighted by atomic mass is 32.2. The van der Waals surface area contributed by atoms with Crippen molar-refractivity contribution in [1.29, 1.82) is 0 Å². The molecule has 0 bridgehead atoms. The van der Waals surface area contributed by atoms with Gasteiger partial charge in [-0.05, 0) is 52.7 Å². The smallest absolute Gasteiger partial charge is 0.213 e. The fraction of sp³-hybridized carbons (Fsp3) is 0.714. The van der Waals surface area contributed by atoms with Gasteiger partial charge in [0, 0.05) is 22.8 Å². The molecule has 0 atom stereocenters. The number of rotatable bonds is 10. The second-order valence-corrected chi connectivity index (χ2v) is 11.7. The highest BCUT2D eigenvalue weighted by Crippen LogP contribution is 2.17. The molecule has 0 radical (unpaired) electrons. The maximum absolute atomic E-state index is 11.6. The Balaban J connectivity index is 2.41. The Hall–Kier alpha value is -0.480. The minimum atomic E-state index is -3.22. The van der Waals surface area contributed by atoms with Gasteiger partial charge in [-0.25, -0.2) is 26.3 Å². The van der Waals surface area contributed by atoms with Crippen molar-refractivity contribution in [3.05, 3.63) is 21.9 Å². The summed E-state index contributed by atoms with van der Waals surface area (Å²) in [6, 6.07) is 3.92. The Kier molecular flexibility index (Phi) is 7.66. The van der Waals surface area contributed by atoms with E-state index in [0.29, 0.717) is 25.9 Å². The van der Waals surface area contributed by atoms with E-state index in [1.165, 1.54) is 0 Å². The highest BCUT2D eigenvalue weighted by molar-refractivity contribution is 7.90. The van der Waals surface area contributed by atoms with Crippen LogP contribution in [0.4, 0.5) is 0 Å². The average Bonchev–Trinajstić information content (AvgIpc) is 2.85. The third-order valence-electron chi connectivity index (χ3n) is 3.31. The van der Waals surface area contributed by atoms with Crippen LogP contribution in [-0.2, 0) is 32.9 Å². The molecule has 0 aliphatic heterocycles. The van der Waals surface area contributed by atoms with Gasteiger partial charge in [0.15, 0.2) is 0 Å². The molecule has 0 fully saturated rings. The van der Waals surface area contributed by atoms with Crippen molar-refractivity contribution < 1.29 is 16.8 Å². The summed E-state index contributed by atoms with van der Waals surface area (Å²) < 4.78 is 51.7. The molecule has 0 unspecified atom stereocenters. The van der Waals surface area contributed by atoms with Crippen molar-refractivity contribution in [3.63, 3.8) is 0 Å². The molecule has 1 aromatic rings. The van der Waals surface area contributed by atoms with Crippen LogP contribution in [0.2, 0.25) is 0 Å². The Morgan fingerprint density at radius 3 is 1.48 bits per heavy atom. The van der Waals surface area contributed by atoms with Gasteiger partial charge in [-0.1, -0.05) is 0 Å². The molecule has 1 aromatic heterocycles. The van der Waals surface area contributed by atoms with Gasteiger partial charge in [0.05, 0.1) is 10.5 Å². The quantitative estimate of drug-likeness (QED) is 0.641. The van der Waals surface area contributed by atoms with Gasteiger partial charge in [-0.15, -0.1) is 11.3 Å². The summed E-state index contributed by atoms with van der Waals surface area (Å²) in [6.07, 6.45) is 1.27. The first-order valence-corrected chi connectivity index (χ1v) is 11.5. The Labute approximate surface area is 143 Å². The zero-order valence-electron chi connectivity index (χ0n) is 14.0. The summed E-state index contributed by atoms with van der Waals surface area (Å²) in [5.41, 5.74) is 0. The van der Waals surface area contributed by atoms with E-state index in [0.717, 1.165) is 9.75 Å². The normalized spacial score (nSPS) is 13.1. The van der Waals surface area contributed by atoms with Crippen LogP contribution in [0.15, 0.2) is 12.1 Å². The average molecular weight is 383 g/mol. The van der Waals surface area contributed by atoms with Crippen molar-refractivity contribution >= 4 is 31.4 Å². The molecule has 134 valence electrons. The Morgan fingerprint density at radius 2 is 1.17 bits per heavy atom. The Bertz CT molecular complexity index is 633. The zero-order chi connectivity index (χ0) is 17.7. The van der Waals surface area contributed by atoms with Crippen LogP contribution in [0.5, 0.6) is 0 Å². The lowest BCUT2D eigenvalue weighted by Crippen LogP contribution is -2.32. The molecule has 0 aromatic carbocycles. The van der Waals surface area contributed by atoms with Crippen molar-refractivity contribution in [1.82, 2.24) is 9.44 Å². The van der Waals surface area contributed by atoms with Gasteiger partial charge in [0.25, 0.3) is 0 Å². The van der Waals surface area contributed by atoms with Crippen LogP contribution in [0.1, 0.15) is 37.4 Å². The lowest BCUT2D eigenvalue weighted by molar-refractivity contribution is 0.571. The van der Waals surface area contributed by atoms with Crippen LogP contribution in [0.3, 0.4) is 0 Å². The van der Waals surface area contributed by atoms with E-state index in [4.69, 9.17) is 0 Å². The largest absolute Gasteiger partial charge is 0.215 e. The van der Waals surface area contributed by atoms with Gasteiger partial charge in [-0.2, -0.15) is 0 Å². The second kappa shape index (κ2) is 8.57. The second-order valence-electron chi connectivity index (χ2n) is 5.84. The monoisotopic (exact) mass is 382 g/mol. The topological polar surface area (TPSA) is 92.3 Å². The van der Waals surface area contributed by atoms with Crippen LogP contribution < -0.4 is 9.44 Å². The predicted octanol–water partition coefficient (Wildman–Crippen LogP) is 1.49. The maximum Gasteiger partial charge on any atom is 0.213 e. The van der Waals surface area contributed by atoms with Gasteiger partial charge in [0.1, 0.15) is 0 Å². The van der Waals surface area contributed by atoms with E-state index in [9.17, 15) is 16.8 Å². The van der Waals surface area contributed by atoms with E-state index < -0.39 is 30.5 Å². The first-order chi connectivity index (χ1) is 10.5. The van der Waals surface area contributed by atoms with E-state index >= 15 is 0 Å². The third kappa shape index (κ3) is 6.88. The van der Waals surface area contributed by atoms with Gasteiger partial charge >= 0.3 is 0 Å². The number of sulfonamides is 2. The molecule has 1 heterocycles. The van der Waals surface area contributed by atoms with Gasteiger partial charge in [0.2, 0.25) is 20.0 Å². The predicted molar refractivity (Wildman–Crippen MR) is 95.8 cm³/mol. The molecule has 0 saturated carbocycles. The third-order valence-corrected chi connectivity index (χ3v) is 8.21. The van der Waals surface area contributed by atoms with Crippen molar-refractivity contribution in [2.24, 2.45) is 0 Å². The fourth-order valence-electron chi connectivity index (χ4n) is 1.66. The molecular weight excluding hydrogens is 356 g/mol. The summed E-state index contributed by atoms with van der Waals surface area (Å²) in [5.74, 6) is 0. The summed E-state index contributed by atoms with van der Waals surface area (Å²) in [6.45, 7) is 7.32. The maximum atomic E-state index is 11.6. The molecule has 2 N–H and O–H groups in total. The van der Waals surface area contributed by atoms with Crippen LogP contribution in [-0.4, -0.2) is 40.4 Å². The molecular formula is C14H26N2O4S3. The van der Waals surface area contributed by atoms with Crippen LogP contribution >= 0.6 is 11.3 Å². The lowest BCUT2D eigenvalue weighted by atomic mass is 10.3. The van der Waals surface area contributed by atoms with E-state index in [1.54, 1.807) is 39.0 Å². The molecule has 0 amide bonds. The molecule has 1 rings (SSSR count). The van der Waals surface area contributed by atoms with E-state index in [2.05, 4.69) is 9.44 Å². The number of hydrogen-bond donors (Lipinski definition) is 2. The lowest BCUT2D eigenvalue weighted by Gasteiger charge is -2.08. The summed E-state index contributed by atoms with van der Waals surface area (Å²) in [4.78, 5) is 2.16. The minimum absolute atomic E-state index is 0.375. The molecule has 0 spiro atoms. The number of hydrogen-bond acceptors (Lipinski definition) is 5. The van der Waals surface area contributed by atoms with Crippen molar-refractivity contribution in [2.75, 3.05) is 13.1 Å². The standard InChI is InChI=1S/C14H26N2O4S3/c1-11(2)22(17,18)15-9-7-13-5-6-14(21-13)8-10-16-23(19,20)12(3)4/h5-6,11-12,15-16H,7-10H2,1-4H3. The molecule has 9 heteroatoms. The van der Waals surface area contributed by atoms with Gasteiger partial charge in [-0.3, -0.25) is 0 Å². The first-order valence-electron chi connectivity index (χ1n) is 7.59. The van der Waals surface area contributed by atoms with E-state index in [-0.39, 0.29) is 0 Å². The fourth-order valence-corrected chi connectivity index (χ4v) is 4.11. The summed E-state index contributed by atoms with van der Waals surface area (Å²) >= 11 is 1.58. The van der Waals surface area contributed by atoms with Crippen molar-refractivity contribution in [3.8, 4) is 0 Å². The summed E-state index contributed by atoms with van der Waals surface area (Å²) in [7, 11) is -6.44. The van der Waals surface area contributed by atoms with Crippen LogP contribution in [0, 0.1) is 0 Å². The minimum Gasteiger partial charge on any atom is -0.215 e. The molecule has 6 nitrogen and oxygen atoms in total. The summed E-state index contributed by atoms with van der Waals surface area (Å²) in [5, 5.41) is -0.870. The van der Waals surface area contributed by atoms with E-state index in [1.807, 2.05) is 12.1 Å². The van der Waals surface area contributed by atoms with Crippen molar-refractivity contribution in [2.45, 2.75) is 51.0 Å². The SMILES string of the molecule is CC(C)S(=O)(=O)NCCc1ccc(CCNS(=O)(=O)C(C)C)s1. The first kappa shape index (κ1) is 20.6. The van der Waals surface area contributed by atoms with Gasteiger partial charge < -0.3 is 0 Å². The Morgan fingerprint density at radius 1 is 0.826 bits per heavy atom. The highest BCUT2D eigenvalue weighted by Gasteiger charge is 2.15. The number of thiophene rings is 1. The number of nitrogens with one attached hydrogen (secondary N) is 2. The zero-order valence-corrected chi connectivity index (χ0v) is 16.4. The molecule has 0 aliphatic rings.